The van der Waals surface area contributed by atoms with Gasteiger partial charge in [0.25, 0.3) is 5.91 Å². The lowest BCUT2D eigenvalue weighted by Crippen LogP contribution is -2.40. The third kappa shape index (κ3) is 2.89. The van der Waals surface area contributed by atoms with Crippen molar-refractivity contribution in [1.82, 2.24) is 5.32 Å². The van der Waals surface area contributed by atoms with Crippen LogP contribution in [0.4, 0.5) is 0 Å². The van der Waals surface area contributed by atoms with Crippen molar-refractivity contribution in [1.29, 1.82) is 0 Å². The molecule has 0 spiro atoms. The van der Waals surface area contributed by atoms with E-state index < -0.39 is 0 Å². The van der Waals surface area contributed by atoms with E-state index in [4.69, 9.17) is 9.47 Å². The molecule has 1 aliphatic heterocycles. The Hall–Kier alpha value is -1.59. The third-order valence-corrected chi connectivity index (χ3v) is 5.12. The maximum absolute atomic E-state index is 12.5. The number of ether oxygens (including phenoxy) is 2. The van der Waals surface area contributed by atoms with E-state index in [9.17, 15) is 4.79 Å². The maximum Gasteiger partial charge on any atom is 0.261 e. The number of methoxy groups -OCH3 is 1. The van der Waals surface area contributed by atoms with Gasteiger partial charge < -0.3 is 14.8 Å². The van der Waals surface area contributed by atoms with E-state index in [0.717, 1.165) is 45.7 Å². The normalized spacial score (nSPS) is 18.7. The van der Waals surface area contributed by atoms with E-state index in [2.05, 4.69) is 5.32 Å². The van der Waals surface area contributed by atoms with Crippen molar-refractivity contribution < 1.29 is 14.3 Å². The van der Waals surface area contributed by atoms with Gasteiger partial charge in [-0.25, -0.2) is 0 Å². The number of hydrogen-bond donors (Lipinski definition) is 1. The Bertz CT molecular complexity index is 659. The van der Waals surface area contributed by atoms with Crippen LogP contribution in [-0.4, -0.2) is 32.3 Å². The molecule has 0 unspecified atom stereocenters. The number of fused-ring (bicyclic) bond motifs is 1. The van der Waals surface area contributed by atoms with Gasteiger partial charge in [0, 0.05) is 11.3 Å². The molecule has 0 saturated carbocycles. The van der Waals surface area contributed by atoms with Crippen LogP contribution in [0.2, 0.25) is 0 Å². The van der Waals surface area contributed by atoms with Crippen LogP contribution in [0.15, 0.2) is 18.2 Å². The topological polar surface area (TPSA) is 47.6 Å². The van der Waals surface area contributed by atoms with E-state index in [-0.39, 0.29) is 11.9 Å². The molecule has 1 fully saturated rings. The van der Waals surface area contributed by atoms with Crippen LogP contribution in [0.3, 0.4) is 0 Å². The van der Waals surface area contributed by atoms with Crippen LogP contribution in [0.1, 0.15) is 28.1 Å². The van der Waals surface area contributed by atoms with Gasteiger partial charge in [-0.15, -0.1) is 11.3 Å². The molecule has 0 radical (unpaired) electrons. The number of carbonyl (C=O) groups is 1. The first kappa shape index (κ1) is 14.4. The molecule has 0 aliphatic carbocycles. The summed E-state index contributed by atoms with van der Waals surface area (Å²) in [5, 5.41) is 4.17. The van der Waals surface area contributed by atoms with E-state index in [1.165, 1.54) is 11.3 Å². The molecule has 1 aromatic carbocycles. The number of amides is 1. The van der Waals surface area contributed by atoms with Crippen LogP contribution < -0.4 is 10.1 Å². The number of benzene rings is 1. The molecule has 1 atom stereocenters. The van der Waals surface area contributed by atoms with Crippen molar-refractivity contribution in [2.75, 3.05) is 20.3 Å². The zero-order chi connectivity index (χ0) is 14.8. The van der Waals surface area contributed by atoms with Crippen molar-refractivity contribution >= 4 is 27.3 Å². The van der Waals surface area contributed by atoms with Gasteiger partial charge in [-0.2, -0.15) is 0 Å². The molecule has 0 bridgehead atoms. The van der Waals surface area contributed by atoms with Gasteiger partial charge in [-0.05, 0) is 48.9 Å². The predicted molar refractivity (Wildman–Crippen MR) is 84.4 cm³/mol. The molecule has 1 amide bonds. The number of rotatable bonds is 3. The fraction of sp³-hybridized carbons (Fsp3) is 0.438. The van der Waals surface area contributed by atoms with Crippen LogP contribution in [0.5, 0.6) is 5.75 Å². The maximum atomic E-state index is 12.5. The highest BCUT2D eigenvalue weighted by Crippen LogP contribution is 2.33. The molecular formula is C16H19NO3S. The minimum atomic E-state index is 0.00293. The molecular weight excluding hydrogens is 286 g/mol. The Morgan fingerprint density at radius 1 is 1.48 bits per heavy atom. The molecule has 112 valence electrons. The third-order valence-electron chi connectivity index (χ3n) is 3.85. The first-order chi connectivity index (χ1) is 10.2. The van der Waals surface area contributed by atoms with Gasteiger partial charge in [-0.3, -0.25) is 4.79 Å². The molecule has 1 saturated heterocycles. The number of thiophene rings is 1. The van der Waals surface area contributed by atoms with Gasteiger partial charge in [0.1, 0.15) is 5.75 Å². The SMILES string of the molecule is COc1ccc2sc(C(=O)N[C@H]3CCCOC3)c(C)c2c1. The molecule has 5 heteroatoms. The second kappa shape index (κ2) is 6.03. The molecule has 1 aliphatic rings. The zero-order valence-electron chi connectivity index (χ0n) is 12.3. The molecule has 21 heavy (non-hydrogen) atoms. The van der Waals surface area contributed by atoms with Crippen LogP contribution >= 0.6 is 11.3 Å². The Kier molecular flexibility index (Phi) is 4.12. The largest absolute Gasteiger partial charge is 0.497 e. The second-order valence-corrected chi connectivity index (χ2v) is 6.36. The summed E-state index contributed by atoms with van der Waals surface area (Å²) < 4.78 is 11.8. The Morgan fingerprint density at radius 2 is 2.33 bits per heavy atom. The quantitative estimate of drug-likeness (QED) is 0.947. The molecule has 4 nitrogen and oxygen atoms in total. The second-order valence-electron chi connectivity index (χ2n) is 5.31. The highest BCUT2D eigenvalue weighted by atomic mass is 32.1. The van der Waals surface area contributed by atoms with Crippen LogP contribution in [-0.2, 0) is 4.74 Å². The first-order valence-electron chi connectivity index (χ1n) is 7.15. The Balaban J connectivity index is 1.85. The highest BCUT2D eigenvalue weighted by molar-refractivity contribution is 7.21. The molecule has 1 N–H and O–H groups in total. The van der Waals surface area contributed by atoms with Gasteiger partial charge in [0.15, 0.2) is 0 Å². The zero-order valence-corrected chi connectivity index (χ0v) is 13.1. The van der Waals surface area contributed by atoms with E-state index in [1.807, 2.05) is 25.1 Å². The number of aryl methyl sites for hydroxylation is 1. The van der Waals surface area contributed by atoms with Crippen LogP contribution in [0.25, 0.3) is 10.1 Å². The number of carbonyl (C=O) groups excluding carboxylic acids is 1. The fourth-order valence-corrected chi connectivity index (χ4v) is 3.74. The summed E-state index contributed by atoms with van der Waals surface area (Å²) in [7, 11) is 1.65. The smallest absolute Gasteiger partial charge is 0.261 e. The van der Waals surface area contributed by atoms with E-state index >= 15 is 0 Å². The lowest BCUT2D eigenvalue weighted by molar-refractivity contribution is 0.0625. The first-order valence-corrected chi connectivity index (χ1v) is 7.96. The fourth-order valence-electron chi connectivity index (χ4n) is 2.65. The van der Waals surface area contributed by atoms with Crippen LogP contribution in [0, 0.1) is 6.92 Å². The summed E-state index contributed by atoms with van der Waals surface area (Å²) in [5.74, 6) is 0.819. The van der Waals surface area contributed by atoms with Crippen molar-refractivity contribution in [3.05, 3.63) is 28.6 Å². The average Bonchev–Trinajstić information content (AvgIpc) is 2.85. The molecule has 2 heterocycles. The monoisotopic (exact) mass is 305 g/mol. The lowest BCUT2D eigenvalue weighted by Gasteiger charge is -2.22. The van der Waals surface area contributed by atoms with Gasteiger partial charge in [0.2, 0.25) is 0 Å². The van der Waals surface area contributed by atoms with Crippen molar-refractivity contribution in [3.63, 3.8) is 0 Å². The molecule has 3 rings (SSSR count). The number of nitrogens with one attached hydrogen (secondary N) is 1. The van der Waals surface area contributed by atoms with Gasteiger partial charge in [0.05, 0.1) is 24.6 Å². The Labute approximate surface area is 128 Å². The minimum absolute atomic E-state index is 0.00293. The van der Waals surface area contributed by atoms with Crippen molar-refractivity contribution in [2.45, 2.75) is 25.8 Å². The predicted octanol–water partition coefficient (Wildman–Crippen LogP) is 3.13. The van der Waals surface area contributed by atoms with Gasteiger partial charge >= 0.3 is 0 Å². The van der Waals surface area contributed by atoms with E-state index in [1.54, 1.807) is 7.11 Å². The van der Waals surface area contributed by atoms with Crippen molar-refractivity contribution in [2.24, 2.45) is 0 Å². The minimum Gasteiger partial charge on any atom is -0.497 e. The highest BCUT2D eigenvalue weighted by Gasteiger charge is 2.20. The van der Waals surface area contributed by atoms with Crippen molar-refractivity contribution in [3.8, 4) is 5.75 Å². The summed E-state index contributed by atoms with van der Waals surface area (Å²) in [6, 6.07) is 6.05. The molecule has 1 aromatic heterocycles. The summed E-state index contributed by atoms with van der Waals surface area (Å²) in [5.41, 5.74) is 1.02. The summed E-state index contributed by atoms with van der Waals surface area (Å²) >= 11 is 1.53. The van der Waals surface area contributed by atoms with Gasteiger partial charge in [-0.1, -0.05) is 0 Å². The standard InChI is InChI=1S/C16H19NO3S/c1-10-13-8-12(19-2)5-6-14(13)21-15(10)16(18)17-11-4-3-7-20-9-11/h5-6,8,11H,3-4,7,9H2,1-2H3,(H,17,18)/t11-/m0/s1. The molecule has 2 aromatic rings. The lowest BCUT2D eigenvalue weighted by atomic mass is 10.1. The summed E-state index contributed by atoms with van der Waals surface area (Å²) in [6.07, 6.45) is 2.00. The Morgan fingerprint density at radius 3 is 3.05 bits per heavy atom. The number of hydrogen-bond acceptors (Lipinski definition) is 4. The average molecular weight is 305 g/mol. The van der Waals surface area contributed by atoms with E-state index in [0.29, 0.717) is 6.61 Å². The summed E-state index contributed by atoms with van der Waals surface area (Å²) in [6.45, 7) is 3.40. The summed E-state index contributed by atoms with van der Waals surface area (Å²) in [4.78, 5) is 13.3.